The van der Waals surface area contributed by atoms with Gasteiger partial charge in [-0.1, -0.05) is 13.8 Å². The molecule has 5 nitrogen and oxygen atoms in total. The molecule has 1 aromatic rings. The fourth-order valence-electron chi connectivity index (χ4n) is 1.70. The number of aromatic nitrogens is 3. The molecule has 1 aromatic heterocycles. The van der Waals surface area contributed by atoms with Gasteiger partial charge in [0.15, 0.2) is 0 Å². The molecule has 14 heavy (non-hydrogen) atoms. The smallest absolute Gasteiger partial charge is 0.224 e. The van der Waals surface area contributed by atoms with Gasteiger partial charge in [0.05, 0.1) is 0 Å². The average molecular weight is 195 g/mol. The molecule has 1 atom stereocenters. The van der Waals surface area contributed by atoms with E-state index < -0.39 is 0 Å². The lowest BCUT2D eigenvalue weighted by atomic mass is 10.1. The molecule has 78 valence electrons. The lowest BCUT2D eigenvalue weighted by Crippen LogP contribution is -2.39. The first-order valence-corrected chi connectivity index (χ1v) is 5.08. The highest BCUT2D eigenvalue weighted by Crippen LogP contribution is 2.15. The zero-order valence-electron chi connectivity index (χ0n) is 8.70. The van der Waals surface area contributed by atoms with Crippen molar-refractivity contribution in [2.75, 3.05) is 11.9 Å². The van der Waals surface area contributed by atoms with Crippen LogP contribution in [-0.4, -0.2) is 27.4 Å². The van der Waals surface area contributed by atoms with Crippen LogP contribution in [0.1, 0.15) is 19.7 Å². The molecule has 0 aliphatic carbocycles. The number of nitrogens with one attached hydrogen (secondary N) is 1. The van der Waals surface area contributed by atoms with Gasteiger partial charge in [0, 0.05) is 25.6 Å². The molecule has 1 aliphatic rings. The fourth-order valence-corrected chi connectivity index (χ4v) is 1.70. The summed E-state index contributed by atoms with van der Waals surface area (Å²) in [5, 5.41) is 11.4. The van der Waals surface area contributed by atoms with Crippen LogP contribution in [0.2, 0.25) is 0 Å². The number of anilines is 1. The van der Waals surface area contributed by atoms with Crippen molar-refractivity contribution in [3.8, 4) is 0 Å². The summed E-state index contributed by atoms with van der Waals surface area (Å²) in [6.45, 7) is 5.98. The molecule has 0 spiro atoms. The minimum atomic E-state index is 0.171. The van der Waals surface area contributed by atoms with E-state index in [4.69, 9.17) is 5.73 Å². The first kappa shape index (κ1) is 9.45. The Bertz CT molecular complexity index is 317. The second-order valence-electron chi connectivity index (χ2n) is 4.29. The Morgan fingerprint density at radius 2 is 2.36 bits per heavy atom. The number of nitrogens with zero attached hydrogens (tertiary/aromatic N) is 3. The molecular weight excluding hydrogens is 178 g/mol. The van der Waals surface area contributed by atoms with Crippen LogP contribution in [0.15, 0.2) is 0 Å². The standard InChI is InChI=1S/C9H17N5/c1-6(2)3-8-12-13-9-11-4-7(10)5-14(8)9/h6-7H,3-5,10H2,1-2H3,(H,11,13). The Morgan fingerprint density at radius 1 is 1.57 bits per heavy atom. The third kappa shape index (κ3) is 1.72. The van der Waals surface area contributed by atoms with E-state index >= 15 is 0 Å². The first-order valence-electron chi connectivity index (χ1n) is 5.08. The third-order valence-electron chi connectivity index (χ3n) is 2.36. The highest BCUT2D eigenvalue weighted by Gasteiger charge is 2.19. The van der Waals surface area contributed by atoms with E-state index in [0.29, 0.717) is 5.92 Å². The van der Waals surface area contributed by atoms with Crippen molar-refractivity contribution in [2.24, 2.45) is 11.7 Å². The Kier molecular flexibility index (Phi) is 2.41. The SMILES string of the molecule is CC(C)Cc1nnc2n1CC(N)CN2. The van der Waals surface area contributed by atoms with E-state index in [9.17, 15) is 0 Å². The zero-order chi connectivity index (χ0) is 10.1. The molecule has 2 rings (SSSR count). The molecule has 2 heterocycles. The van der Waals surface area contributed by atoms with Crippen LogP contribution in [-0.2, 0) is 13.0 Å². The summed E-state index contributed by atoms with van der Waals surface area (Å²) < 4.78 is 2.09. The number of hydrogen-bond acceptors (Lipinski definition) is 4. The van der Waals surface area contributed by atoms with E-state index in [1.54, 1.807) is 0 Å². The van der Waals surface area contributed by atoms with Gasteiger partial charge in [0.25, 0.3) is 0 Å². The van der Waals surface area contributed by atoms with Gasteiger partial charge < -0.3 is 11.1 Å². The third-order valence-corrected chi connectivity index (χ3v) is 2.36. The van der Waals surface area contributed by atoms with Crippen molar-refractivity contribution in [3.05, 3.63) is 5.82 Å². The Hall–Kier alpha value is -1.10. The average Bonchev–Trinajstić information content (AvgIpc) is 2.47. The molecule has 0 radical (unpaired) electrons. The maximum atomic E-state index is 5.87. The van der Waals surface area contributed by atoms with Crippen molar-refractivity contribution in [1.29, 1.82) is 0 Å². The predicted octanol–water partition coefficient (Wildman–Crippen LogP) is 0.229. The van der Waals surface area contributed by atoms with Crippen molar-refractivity contribution >= 4 is 5.95 Å². The van der Waals surface area contributed by atoms with Gasteiger partial charge in [-0.2, -0.15) is 0 Å². The number of rotatable bonds is 2. The van der Waals surface area contributed by atoms with Gasteiger partial charge in [0.2, 0.25) is 5.95 Å². The summed E-state index contributed by atoms with van der Waals surface area (Å²) in [7, 11) is 0. The lowest BCUT2D eigenvalue weighted by Gasteiger charge is -2.22. The minimum absolute atomic E-state index is 0.171. The second kappa shape index (κ2) is 3.57. The highest BCUT2D eigenvalue weighted by molar-refractivity contribution is 5.29. The summed E-state index contributed by atoms with van der Waals surface area (Å²) in [6, 6.07) is 0.171. The van der Waals surface area contributed by atoms with Crippen LogP contribution in [0.3, 0.4) is 0 Å². The number of fused-ring (bicyclic) bond motifs is 1. The normalized spacial score (nSPS) is 20.7. The van der Waals surface area contributed by atoms with Gasteiger partial charge >= 0.3 is 0 Å². The van der Waals surface area contributed by atoms with E-state index in [1.807, 2.05) is 0 Å². The highest BCUT2D eigenvalue weighted by atomic mass is 15.4. The molecule has 0 bridgehead atoms. The molecule has 0 amide bonds. The topological polar surface area (TPSA) is 68.8 Å². The second-order valence-corrected chi connectivity index (χ2v) is 4.29. The van der Waals surface area contributed by atoms with E-state index in [0.717, 1.165) is 31.3 Å². The monoisotopic (exact) mass is 195 g/mol. The lowest BCUT2D eigenvalue weighted by molar-refractivity contribution is 0.506. The van der Waals surface area contributed by atoms with Gasteiger partial charge in [-0.3, -0.25) is 4.57 Å². The molecule has 3 N–H and O–H groups in total. The molecule has 0 saturated heterocycles. The molecule has 1 aliphatic heterocycles. The first-order chi connectivity index (χ1) is 6.66. The summed E-state index contributed by atoms with van der Waals surface area (Å²) >= 11 is 0. The summed E-state index contributed by atoms with van der Waals surface area (Å²) in [5.74, 6) is 2.50. The van der Waals surface area contributed by atoms with E-state index in [2.05, 4.69) is 33.9 Å². The van der Waals surface area contributed by atoms with Gasteiger partial charge in [0.1, 0.15) is 5.82 Å². The summed E-state index contributed by atoms with van der Waals surface area (Å²) in [6.07, 6.45) is 0.960. The Balaban J connectivity index is 2.22. The molecule has 0 aromatic carbocycles. The van der Waals surface area contributed by atoms with Crippen molar-refractivity contribution in [3.63, 3.8) is 0 Å². The molecule has 0 saturated carbocycles. The molecule has 0 fully saturated rings. The molecule has 1 unspecified atom stereocenters. The van der Waals surface area contributed by atoms with Crippen LogP contribution >= 0.6 is 0 Å². The number of hydrogen-bond donors (Lipinski definition) is 2. The van der Waals surface area contributed by atoms with Crippen molar-refractivity contribution in [2.45, 2.75) is 32.9 Å². The maximum absolute atomic E-state index is 5.87. The van der Waals surface area contributed by atoms with Crippen molar-refractivity contribution in [1.82, 2.24) is 14.8 Å². The van der Waals surface area contributed by atoms with Crippen LogP contribution < -0.4 is 11.1 Å². The maximum Gasteiger partial charge on any atom is 0.224 e. The Morgan fingerprint density at radius 3 is 3.07 bits per heavy atom. The fraction of sp³-hybridized carbons (Fsp3) is 0.778. The molecule has 5 heteroatoms. The summed E-state index contributed by atoms with van der Waals surface area (Å²) in [5.41, 5.74) is 5.87. The predicted molar refractivity (Wildman–Crippen MR) is 55.0 cm³/mol. The largest absolute Gasteiger partial charge is 0.353 e. The van der Waals surface area contributed by atoms with Gasteiger partial charge in [-0.15, -0.1) is 10.2 Å². The number of nitrogens with two attached hydrogens (primary N) is 1. The minimum Gasteiger partial charge on any atom is -0.353 e. The van der Waals surface area contributed by atoms with E-state index in [1.165, 1.54) is 0 Å². The molecular formula is C9H17N5. The van der Waals surface area contributed by atoms with Gasteiger partial charge in [-0.05, 0) is 5.92 Å². The Labute approximate surface area is 83.7 Å². The van der Waals surface area contributed by atoms with Crippen LogP contribution in [0.25, 0.3) is 0 Å². The quantitative estimate of drug-likeness (QED) is 0.708. The summed E-state index contributed by atoms with van der Waals surface area (Å²) in [4.78, 5) is 0. The van der Waals surface area contributed by atoms with E-state index in [-0.39, 0.29) is 6.04 Å². The van der Waals surface area contributed by atoms with Crippen LogP contribution in [0.5, 0.6) is 0 Å². The van der Waals surface area contributed by atoms with Crippen LogP contribution in [0, 0.1) is 5.92 Å². The zero-order valence-corrected chi connectivity index (χ0v) is 8.70. The van der Waals surface area contributed by atoms with Crippen LogP contribution in [0.4, 0.5) is 5.95 Å². The van der Waals surface area contributed by atoms with Gasteiger partial charge in [-0.25, -0.2) is 0 Å². The van der Waals surface area contributed by atoms with Crippen molar-refractivity contribution < 1.29 is 0 Å².